The van der Waals surface area contributed by atoms with Crippen LogP contribution < -0.4 is 0 Å². The van der Waals surface area contributed by atoms with Crippen molar-refractivity contribution in [2.24, 2.45) is 0 Å². The van der Waals surface area contributed by atoms with E-state index in [0.717, 1.165) is 5.39 Å². The van der Waals surface area contributed by atoms with Gasteiger partial charge < -0.3 is 4.57 Å². The summed E-state index contributed by atoms with van der Waals surface area (Å²) < 4.78 is 2.35. The average Bonchev–Trinajstić information content (AvgIpc) is 2.72. The van der Waals surface area contributed by atoms with Gasteiger partial charge in [-0.1, -0.05) is 18.2 Å². The van der Waals surface area contributed by atoms with Gasteiger partial charge >= 0.3 is 0 Å². The third-order valence-electron chi connectivity index (χ3n) is 3.47. The molecule has 0 radical (unpaired) electrons. The molecule has 0 saturated carbocycles. The van der Waals surface area contributed by atoms with Gasteiger partial charge in [0.15, 0.2) is 0 Å². The van der Waals surface area contributed by atoms with Gasteiger partial charge in [0.1, 0.15) is 0 Å². The highest BCUT2D eigenvalue weighted by molar-refractivity contribution is 6.08. The minimum atomic E-state index is 0.00944. The summed E-state index contributed by atoms with van der Waals surface area (Å²) in [5, 5.41) is 11.4. The van der Waals surface area contributed by atoms with Crippen LogP contribution in [-0.4, -0.2) is 4.57 Å². The first-order chi connectivity index (χ1) is 9.02. The Labute approximate surface area is 112 Å². The highest BCUT2D eigenvalue weighted by Gasteiger charge is 2.20. The maximum absolute atomic E-state index is 9.08. The lowest BCUT2D eigenvalue weighted by Crippen LogP contribution is -2.21. The molecule has 0 bridgehead atoms. The molecule has 3 aromatic rings. The molecule has 94 valence electrons. The van der Waals surface area contributed by atoms with Crippen LogP contribution >= 0.6 is 0 Å². The summed E-state index contributed by atoms with van der Waals surface area (Å²) in [6, 6.07) is 16.5. The second kappa shape index (κ2) is 3.86. The minimum Gasteiger partial charge on any atom is -0.335 e. The molecule has 3 rings (SSSR count). The average molecular weight is 248 g/mol. The monoisotopic (exact) mass is 248 g/mol. The number of para-hydroxylation sites is 1. The highest BCUT2D eigenvalue weighted by atomic mass is 15.0. The van der Waals surface area contributed by atoms with Crippen LogP contribution in [0.2, 0.25) is 0 Å². The van der Waals surface area contributed by atoms with Crippen LogP contribution in [0, 0.1) is 11.3 Å². The van der Waals surface area contributed by atoms with E-state index in [1.165, 1.54) is 16.4 Å². The van der Waals surface area contributed by atoms with Gasteiger partial charge in [0.05, 0.1) is 11.6 Å². The van der Waals surface area contributed by atoms with Crippen LogP contribution in [-0.2, 0) is 5.54 Å². The Morgan fingerprint density at radius 3 is 2.32 bits per heavy atom. The lowest BCUT2D eigenvalue weighted by atomic mass is 10.1. The topological polar surface area (TPSA) is 28.7 Å². The SMILES string of the molecule is CC(C)(C)n1c2ccccc2c2cc(C#N)ccc21. The highest BCUT2D eigenvalue weighted by Crippen LogP contribution is 2.34. The Balaban J connectivity index is 2.56. The van der Waals surface area contributed by atoms with Crippen molar-refractivity contribution in [2.75, 3.05) is 0 Å². The van der Waals surface area contributed by atoms with Gasteiger partial charge in [0.2, 0.25) is 0 Å². The molecule has 0 spiro atoms. The Bertz CT molecular complexity index is 811. The van der Waals surface area contributed by atoms with Crippen LogP contribution in [0.4, 0.5) is 0 Å². The molecule has 2 aromatic carbocycles. The summed E-state index contributed by atoms with van der Waals surface area (Å²) in [5.41, 5.74) is 3.13. The van der Waals surface area contributed by atoms with E-state index in [1.807, 2.05) is 18.2 Å². The van der Waals surface area contributed by atoms with Crippen LogP contribution in [0.25, 0.3) is 21.8 Å². The third-order valence-corrected chi connectivity index (χ3v) is 3.47. The van der Waals surface area contributed by atoms with E-state index in [2.05, 4.69) is 55.7 Å². The predicted octanol–water partition coefficient (Wildman–Crippen LogP) is 4.42. The first-order valence-electron chi connectivity index (χ1n) is 6.46. The third kappa shape index (κ3) is 1.70. The number of rotatable bonds is 0. The van der Waals surface area contributed by atoms with Crippen molar-refractivity contribution in [3.8, 4) is 6.07 Å². The molecule has 0 atom stereocenters. The van der Waals surface area contributed by atoms with Gasteiger partial charge in [-0.15, -0.1) is 0 Å². The first-order valence-corrected chi connectivity index (χ1v) is 6.46. The number of fused-ring (bicyclic) bond motifs is 3. The van der Waals surface area contributed by atoms with E-state index in [-0.39, 0.29) is 5.54 Å². The van der Waals surface area contributed by atoms with Gasteiger partial charge in [-0.05, 0) is 45.0 Å². The molecule has 0 aliphatic heterocycles. The van der Waals surface area contributed by atoms with Gasteiger partial charge in [0, 0.05) is 27.3 Å². The number of hydrogen-bond donors (Lipinski definition) is 0. The Morgan fingerprint density at radius 1 is 0.947 bits per heavy atom. The van der Waals surface area contributed by atoms with E-state index < -0.39 is 0 Å². The molecule has 1 heterocycles. The van der Waals surface area contributed by atoms with Crippen LogP contribution in [0.1, 0.15) is 26.3 Å². The van der Waals surface area contributed by atoms with Gasteiger partial charge in [-0.2, -0.15) is 5.26 Å². The summed E-state index contributed by atoms with van der Waals surface area (Å²) in [6.45, 7) is 6.62. The summed E-state index contributed by atoms with van der Waals surface area (Å²) in [6.07, 6.45) is 0. The van der Waals surface area contributed by atoms with Crippen LogP contribution in [0.15, 0.2) is 42.5 Å². The predicted molar refractivity (Wildman–Crippen MR) is 79.2 cm³/mol. The molecule has 0 saturated heterocycles. The standard InChI is InChI=1S/C17H16N2/c1-17(2,3)19-15-7-5-4-6-13(15)14-10-12(11-18)8-9-16(14)19/h4-10H,1-3H3. The molecule has 0 fully saturated rings. The van der Waals surface area contributed by atoms with E-state index >= 15 is 0 Å². The molecule has 0 N–H and O–H groups in total. The number of aromatic nitrogens is 1. The minimum absolute atomic E-state index is 0.00944. The second-order valence-electron chi connectivity index (χ2n) is 5.87. The van der Waals surface area contributed by atoms with E-state index in [0.29, 0.717) is 5.56 Å². The lowest BCUT2D eigenvalue weighted by Gasteiger charge is -2.24. The molecular formula is C17H16N2. The number of hydrogen-bond acceptors (Lipinski definition) is 1. The molecule has 19 heavy (non-hydrogen) atoms. The van der Waals surface area contributed by atoms with Gasteiger partial charge in [-0.25, -0.2) is 0 Å². The molecule has 0 unspecified atom stereocenters. The Hall–Kier alpha value is -2.27. The first kappa shape index (κ1) is 11.8. The fourth-order valence-corrected chi connectivity index (χ4v) is 2.77. The number of nitriles is 1. The molecule has 0 aliphatic rings. The summed E-state index contributed by atoms with van der Waals surface area (Å²) in [5.74, 6) is 0. The summed E-state index contributed by atoms with van der Waals surface area (Å²) >= 11 is 0. The van der Waals surface area contributed by atoms with E-state index in [9.17, 15) is 0 Å². The fourth-order valence-electron chi connectivity index (χ4n) is 2.77. The Morgan fingerprint density at radius 2 is 1.63 bits per heavy atom. The fraction of sp³-hybridized carbons (Fsp3) is 0.235. The molecule has 0 aliphatic carbocycles. The second-order valence-corrected chi connectivity index (χ2v) is 5.87. The smallest absolute Gasteiger partial charge is 0.0991 e. The summed E-state index contributed by atoms with van der Waals surface area (Å²) in [7, 11) is 0. The quantitative estimate of drug-likeness (QED) is 0.579. The van der Waals surface area contributed by atoms with Crippen molar-refractivity contribution >= 4 is 21.8 Å². The van der Waals surface area contributed by atoms with Gasteiger partial charge in [-0.3, -0.25) is 0 Å². The van der Waals surface area contributed by atoms with Crippen molar-refractivity contribution < 1.29 is 0 Å². The largest absolute Gasteiger partial charge is 0.335 e. The molecule has 2 nitrogen and oxygen atoms in total. The van der Waals surface area contributed by atoms with Crippen LogP contribution in [0.5, 0.6) is 0 Å². The zero-order valence-electron chi connectivity index (χ0n) is 11.4. The van der Waals surface area contributed by atoms with Gasteiger partial charge in [0.25, 0.3) is 0 Å². The molecule has 2 heteroatoms. The Kier molecular flexibility index (Phi) is 2.40. The van der Waals surface area contributed by atoms with Crippen molar-refractivity contribution in [1.29, 1.82) is 5.26 Å². The summed E-state index contributed by atoms with van der Waals surface area (Å²) in [4.78, 5) is 0. The maximum atomic E-state index is 9.08. The zero-order chi connectivity index (χ0) is 13.6. The maximum Gasteiger partial charge on any atom is 0.0991 e. The van der Waals surface area contributed by atoms with Crippen molar-refractivity contribution in [1.82, 2.24) is 4.57 Å². The lowest BCUT2D eigenvalue weighted by molar-refractivity contribution is 0.423. The number of benzene rings is 2. The van der Waals surface area contributed by atoms with E-state index in [4.69, 9.17) is 5.26 Å². The molecule has 1 aromatic heterocycles. The normalized spacial score (nSPS) is 11.9. The van der Waals surface area contributed by atoms with Crippen molar-refractivity contribution in [2.45, 2.75) is 26.3 Å². The van der Waals surface area contributed by atoms with Crippen molar-refractivity contribution in [3.63, 3.8) is 0 Å². The van der Waals surface area contributed by atoms with Crippen molar-refractivity contribution in [3.05, 3.63) is 48.0 Å². The number of nitrogens with zero attached hydrogens (tertiary/aromatic N) is 2. The van der Waals surface area contributed by atoms with E-state index in [1.54, 1.807) is 0 Å². The van der Waals surface area contributed by atoms with Crippen LogP contribution in [0.3, 0.4) is 0 Å². The zero-order valence-corrected chi connectivity index (χ0v) is 11.4. The molecule has 0 amide bonds. The molecular weight excluding hydrogens is 232 g/mol.